The predicted molar refractivity (Wildman–Crippen MR) is 75.0 cm³/mol. The summed E-state index contributed by atoms with van der Waals surface area (Å²) in [5, 5.41) is 0. The lowest BCUT2D eigenvalue weighted by Gasteiger charge is -2.27. The number of rotatable bonds is 4. The van der Waals surface area contributed by atoms with Crippen LogP contribution >= 0.6 is 0 Å². The molecule has 1 saturated carbocycles. The predicted octanol–water partition coefficient (Wildman–Crippen LogP) is 2.69. The van der Waals surface area contributed by atoms with Gasteiger partial charge in [-0.15, -0.1) is 0 Å². The third kappa shape index (κ3) is 3.06. The van der Waals surface area contributed by atoms with Gasteiger partial charge in [0.25, 0.3) is 0 Å². The van der Waals surface area contributed by atoms with Gasteiger partial charge in [0.05, 0.1) is 12.8 Å². The van der Waals surface area contributed by atoms with E-state index in [0.29, 0.717) is 11.6 Å². The molecule has 2 N–H and O–H groups in total. The van der Waals surface area contributed by atoms with Gasteiger partial charge in [-0.3, -0.25) is 0 Å². The molecule has 1 heterocycles. The molecule has 4 heteroatoms. The molecule has 1 fully saturated rings. The van der Waals surface area contributed by atoms with E-state index in [-0.39, 0.29) is 0 Å². The molecule has 0 aliphatic heterocycles. The lowest BCUT2D eigenvalue weighted by Crippen LogP contribution is -2.27. The maximum Gasteiger partial charge on any atom is 0.238 e. The van der Waals surface area contributed by atoms with E-state index >= 15 is 0 Å². The Morgan fingerprint density at radius 1 is 1.33 bits per heavy atom. The number of hydrogen-bond acceptors (Lipinski definition) is 4. The molecule has 0 saturated heterocycles. The minimum atomic E-state index is 0.517. The maximum atomic E-state index is 5.78. The molecule has 0 atom stereocenters. The first-order chi connectivity index (χ1) is 8.70. The third-order valence-electron chi connectivity index (χ3n) is 3.72. The molecule has 0 unspecified atom stereocenters. The fourth-order valence-corrected chi connectivity index (χ4v) is 2.67. The first-order valence-electron chi connectivity index (χ1n) is 6.72. The molecule has 1 aromatic heterocycles. The van der Waals surface area contributed by atoms with Crippen LogP contribution in [0.1, 0.15) is 32.1 Å². The summed E-state index contributed by atoms with van der Waals surface area (Å²) < 4.78 is 5.16. The Balaban J connectivity index is 2.01. The van der Waals surface area contributed by atoms with Gasteiger partial charge in [-0.25, -0.2) is 0 Å². The number of hydrogen-bond donors (Lipinski definition) is 1. The smallest absolute Gasteiger partial charge is 0.238 e. The highest BCUT2D eigenvalue weighted by atomic mass is 16.5. The van der Waals surface area contributed by atoms with E-state index < -0.39 is 0 Å². The van der Waals surface area contributed by atoms with E-state index in [1.165, 1.54) is 32.1 Å². The summed E-state index contributed by atoms with van der Waals surface area (Å²) in [5.41, 5.74) is 6.37. The molecule has 18 heavy (non-hydrogen) atoms. The van der Waals surface area contributed by atoms with E-state index in [1.54, 1.807) is 7.11 Å². The van der Waals surface area contributed by atoms with Gasteiger partial charge in [0, 0.05) is 13.6 Å². The minimum absolute atomic E-state index is 0.517. The number of anilines is 2. The maximum absolute atomic E-state index is 5.78. The molecule has 100 valence electrons. The molecule has 4 nitrogen and oxygen atoms in total. The van der Waals surface area contributed by atoms with Crippen molar-refractivity contribution in [3.05, 3.63) is 12.1 Å². The zero-order chi connectivity index (χ0) is 13.0. The highest BCUT2D eigenvalue weighted by Crippen LogP contribution is 2.27. The molecule has 0 radical (unpaired) electrons. The van der Waals surface area contributed by atoms with Crippen LogP contribution in [0.3, 0.4) is 0 Å². The zero-order valence-electron chi connectivity index (χ0n) is 11.4. The number of nitrogens with two attached hydrogens (primary N) is 1. The standard InChI is InChI=1S/C14H23N3O/c1-17(10-11-6-4-3-5-7-11)13-9-8-12(15)14(16-13)18-2/h8-9,11H,3-7,10,15H2,1-2H3. The van der Waals surface area contributed by atoms with Crippen molar-refractivity contribution in [2.45, 2.75) is 32.1 Å². The van der Waals surface area contributed by atoms with Crippen LogP contribution in [0, 0.1) is 5.92 Å². The first-order valence-corrected chi connectivity index (χ1v) is 6.72. The molecule has 1 aliphatic carbocycles. The van der Waals surface area contributed by atoms with Crippen molar-refractivity contribution in [2.24, 2.45) is 5.92 Å². The average molecular weight is 249 g/mol. The summed E-state index contributed by atoms with van der Waals surface area (Å²) in [6.45, 7) is 1.07. The van der Waals surface area contributed by atoms with E-state index in [9.17, 15) is 0 Å². The monoisotopic (exact) mass is 249 g/mol. The Kier molecular flexibility index (Phi) is 4.28. The third-order valence-corrected chi connectivity index (χ3v) is 3.72. The van der Waals surface area contributed by atoms with Gasteiger partial charge in [0.1, 0.15) is 5.82 Å². The van der Waals surface area contributed by atoms with Crippen LogP contribution in [-0.2, 0) is 0 Å². The molecular formula is C14H23N3O. The Morgan fingerprint density at radius 2 is 2.06 bits per heavy atom. The van der Waals surface area contributed by atoms with Crippen LogP contribution in [0.5, 0.6) is 5.88 Å². The van der Waals surface area contributed by atoms with Gasteiger partial charge in [0.15, 0.2) is 0 Å². The first kappa shape index (κ1) is 13.0. The Bertz CT molecular complexity index is 389. The van der Waals surface area contributed by atoms with Crippen molar-refractivity contribution in [3.8, 4) is 5.88 Å². The lowest BCUT2D eigenvalue weighted by atomic mass is 9.89. The highest BCUT2D eigenvalue weighted by Gasteiger charge is 2.16. The summed E-state index contributed by atoms with van der Waals surface area (Å²) in [4.78, 5) is 6.64. The van der Waals surface area contributed by atoms with Crippen molar-refractivity contribution >= 4 is 11.5 Å². The van der Waals surface area contributed by atoms with E-state index in [4.69, 9.17) is 10.5 Å². The van der Waals surface area contributed by atoms with Crippen LogP contribution in [0.15, 0.2) is 12.1 Å². The Morgan fingerprint density at radius 3 is 2.72 bits per heavy atom. The van der Waals surface area contributed by atoms with Crippen molar-refractivity contribution in [3.63, 3.8) is 0 Å². The minimum Gasteiger partial charge on any atom is -0.479 e. The SMILES string of the molecule is COc1nc(N(C)CC2CCCCC2)ccc1N. The number of pyridine rings is 1. The number of aromatic nitrogens is 1. The average Bonchev–Trinajstić information content (AvgIpc) is 2.40. The second-order valence-corrected chi connectivity index (χ2v) is 5.15. The van der Waals surface area contributed by atoms with E-state index in [2.05, 4.69) is 16.9 Å². The number of nitrogens with zero attached hydrogens (tertiary/aromatic N) is 2. The van der Waals surface area contributed by atoms with Crippen molar-refractivity contribution < 1.29 is 4.74 Å². The summed E-state index contributed by atoms with van der Waals surface area (Å²) >= 11 is 0. The molecule has 0 spiro atoms. The van der Waals surface area contributed by atoms with Crippen molar-refractivity contribution in [2.75, 3.05) is 31.3 Å². The Labute approximate surface area is 109 Å². The van der Waals surface area contributed by atoms with Crippen LogP contribution < -0.4 is 15.4 Å². The van der Waals surface area contributed by atoms with Crippen LogP contribution in [0.4, 0.5) is 11.5 Å². The number of nitrogen functional groups attached to an aromatic ring is 1. The summed E-state index contributed by atoms with van der Waals surface area (Å²) in [6, 6.07) is 3.82. The van der Waals surface area contributed by atoms with Gasteiger partial charge < -0.3 is 15.4 Å². The fourth-order valence-electron chi connectivity index (χ4n) is 2.67. The topological polar surface area (TPSA) is 51.4 Å². The van der Waals surface area contributed by atoms with Crippen molar-refractivity contribution in [1.29, 1.82) is 0 Å². The van der Waals surface area contributed by atoms with Crippen LogP contribution in [0.2, 0.25) is 0 Å². The molecule has 1 aromatic rings. The summed E-state index contributed by atoms with van der Waals surface area (Å²) in [5.74, 6) is 2.25. The van der Waals surface area contributed by atoms with Crippen LogP contribution in [-0.4, -0.2) is 25.7 Å². The van der Waals surface area contributed by atoms with Crippen LogP contribution in [0.25, 0.3) is 0 Å². The second kappa shape index (κ2) is 5.94. The van der Waals surface area contributed by atoms with Gasteiger partial charge >= 0.3 is 0 Å². The number of ether oxygens (including phenoxy) is 1. The van der Waals surface area contributed by atoms with E-state index in [1.807, 2.05) is 12.1 Å². The fraction of sp³-hybridized carbons (Fsp3) is 0.643. The molecular weight excluding hydrogens is 226 g/mol. The lowest BCUT2D eigenvalue weighted by molar-refractivity contribution is 0.360. The van der Waals surface area contributed by atoms with Gasteiger partial charge in [-0.05, 0) is 30.9 Å². The normalized spacial score (nSPS) is 16.6. The van der Waals surface area contributed by atoms with E-state index in [0.717, 1.165) is 18.3 Å². The molecule has 0 bridgehead atoms. The van der Waals surface area contributed by atoms with Gasteiger partial charge in [0.2, 0.25) is 5.88 Å². The van der Waals surface area contributed by atoms with Crippen molar-refractivity contribution in [1.82, 2.24) is 4.98 Å². The zero-order valence-corrected chi connectivity index (χ0v) is 11.4. The number of methoxy groups -OCH3 is 1. The largest absolute Gasteiger partial charge is 0.479 e. The Hall–Kier alpha value is -1.45. The van der Waals surface area contributed by atoms with Gasteiger partial charge in [-0.1, -0.05) is 19.3 Å². The second-order valence-electron chi connectivity index (χ2n) is 5.15. The molecule has 2 rings (SSSR count). The summed E-state index contributed by atoms with van der Waals surface area (Å²) in [6.07, 6.45) is 6.83. The molecule has 0 aromatic carbocycles. The van der Waals surface area contributed by atoms with Gasteiger partial charge in [-0.2, -0.15) is 4.98 Å². The summed E-state index contributed by atoms with van der Waals surface area (Å²) in [7, 11) is 3.69. The molecule has 0 amide bonds. The highest BCUT2D eigenvalue weighted by molar-refractivity contribution is 5.54. The molecule has 1 aliphatic rings. The quantitative estimate of drug-likeness (QED) is 0.891.